The highest BCUT2D eigenvalue weighted by atomic mass is 35.5. The Morgan fingerprint density at radius 3 is 1.70 bits per heavy atom. The first-order valence-electron chi connectivity index (χ1n) is 7.35. The summed E-state index contributed by atoms with van der Waals surface area (Å²) in [4.78, 5) is 13.0. The van der Waals surface area contributed by atoms with E-state index in [0.717, 1.165) is 16.7 Å². The highest BCUT2D eigenvalue weighted by Crippen LogP contribution is 2.44. The van der Waals surface area contributed by atoms with E-state index in [0.29, 0.717) is 21.2 Å². The van der Waals surface area contributed by atoms with E-state index in [1.807, 2.05) is 42.5 Å². The molecule has 4 rings (SSSR count). The third kappa shape index (κ3) is 2.20. The molecule has 0 atom stereocenters. The molecular weight excluding hydrogens is 327 g/mol. The fourth-order valence-corrected chi connectivity index (χ4v) is 3.87. The van der Waals surface area contributed by atoms with E-state index >= 15 is 0 Å². The number of hydrogen-bond donors (Lipinski definition) is 0. The van der Waals surface area contributed by atoms with Gasteiger partial charge in [0.2, 0.25) is 0 Å². The van der Waals surface area contributed by atoms with E-state index in [1.54, 1.807) is 12.1 Å². The van der Waals surface area contributed by atoms with Gasteiger partial charge in [-0.1, -0.05) is 77.8 Å². The zero-order valence-corrected chi connectivity index (χ0v) is 13.6. The zero-order valence-electron chi connectivity index (χ0n) is 12.1. The predicted octanol–water partition coefficient (Wildman–Crippen LogP) is 5.72. The Labute approximate surface area is 144 Å². The van der Waals surface area contributed by atoms with E-state index in [9.17, 15) is 4.79 Å². The lowest BCUT2D eigenvalue weighted by Gasteiger charge is -2.29. The lowest BCUT2D eigenvalue weighted by atomic mass is 9.74. The van der Waals surface area contributed by atoms with Crippen molar-refractivity contribution in [2.75, 3.05) is 0 Å². The van der Waals surface area contributed by atoms with Crippen LogP contribution in [0.1, 0.15) is 38.5 Å². The molecule has 0 N–H and O–H groups in total. The SMILES string of the molecule is O=C1c2c(Cl)cccc2C(c2ccccc2)c2cccc(Cl)c21. The van der Waals surface area contributed by atoms with Crippen molar-refractivity contribution in [3.05, 3.63) is 105 Å². The summed E-state index contributed by atoms with van der Waals surface area (Å²) < 4.78 is 0. The van der Waals surface area contributed by atoms with Crippen molar-refractivity contribution < 1.29 is 4.79 Å². The molecule has 3 heteroatoms. The molecule has 112 valence electrons. The smallest absolute Gasteiger partial charge is 0.196 e. The van der Waals surface area contributed by atoms with Crippen LogP contribution >= 0.6 is 23.2 Å². The van der Waals surface area contributed by atoms with Crippen LogP contribution in [0.15, 0.2) is 66.7 Å². The minimum atomic E-state index is -0.0987. The molecule has 0 aliphatic heterocycles. The molecule has 0 radical (unpaired) electrons. The van der Waals surface area contributed by atoms with E-state index in [-0.39, 0.29) is 11.7 Å². The molecule has 0 spiro atoms. The van der Waals surface area contributed by atoms with Crippen LogP contribution in [0.5, 0.6) is 0 Å². The summed E-state index contributed by atoms with van der Waals surface area (Å²) in [5, 5.41) is 0.943. The van der Waals surface area contributed by atoms with Gasteiger partial charge in [-0.05, 0) is 28.8 Å². The summed E-state index contributed by atoms with van der Waals surface area (Å²) in [6.45, 7) is 0. The molecule has 0 bridgehead atoms. The first-order valence-corrected chi connectivity index (χ1v) is 8.10. The van der Waals surface area contributed by atoms with Crippen LogP contribution in [0, 0.1) is 0 Å². The van der Waals surface area contributed by atoms with Crippen LogP contribution in [0.3, 0.4) is 0 Å². The van der Waals surface area contributed by atoms with Crippen LogP contribution in [0.25, 0.3) is 0 Å². The molecule has 3 aromatic carbocycles. The third-order valence-corrected chi connectivity index (χ3v) is 4.93. The monoisotopic (exact) mass is 338 g/mol. The Balaban J connectivity index is 2.09. The molecule has 1 aliphatic carbocycles. The minimum absolute atomic E-state index is 0.0451. The van der Waals surface area contributed by atoms with E-state index < -0.39 is 0 Å². The fourth-order valence-electron chi connectivity index (χ4n) is 3.34. The largest absolute Gasteiger partial charge is 0.288 e. The lowest BCUT2D eigenvalue weighted by molar-refractivity contribution is 0.103. The summed E-state index contributed by atoms with van der Waals surface area (Å²) in [5.74, 6) is -0.144. The summed E-state index contributed by atoms with van der Waals surface area (Å²) in [6.07, 6.45) is 0. The van der Waals surface area contributed by atoms with Gasteiger partial charge in [0.1, 0.15) is 0 Å². The third-order valence-electron chi connectivity index (χ3n) is 4.30. The van der Waals surface area contributed by atoms with Crippen LogP contribution in [0.2, 0.25) is 10.0 Å². The van der Waals surface area contributed by atoms with E-state index in [4.69, 9.17) is 23.2 Å². The molecule has 3 aromatic rings. The second-order valence-electron chi connectivity index (χ2n) is 5.58. The van der Waals surface area contributed by atoms with Crippen LogP contribution in [-0.2, 0) is 0 Å². The average molecular weight is 339 g/mol. The van der Waals surface area contributed by atoms with Crippen molar-refractivity contribution in [2.24, 2.45) is 0 Å². The van der Waals surface area contributed by atoms with Gasteiger partial charge in [0.15, 0.2) is 5.78 Å². The van der Waals surface area contributed by atoms with Crippen molar-refractivity contribution in [3.8, 4) is 0 Å². The Morgan fingerprint density at radius 1 is 0.652 bits per heavy atom. The second kappa shape index (κ2) is 5.52. The Kier molecular flexibility index (Phi) is 3.48. The molecule has 1 aliphatic rings. The van der Waals surface area contributed by atoms with Crippen molar-refractivity contribution in [3.63, 3.8) is 0 Å². The van der Waals surface area contributed by atoms with Gasteiger partial charge < -0.3 is 0 Å². The van der Waals surface area contributed by atoms with Crippen molar-refractivity contribution >= 4 is 29.0 Å². The van der Waals surface area contributed by atoms with Crippen molar-refractivity contribution in [2.45, 2.75) is 5.92 Å². The van der Waals surface area contributed by atoms with Crippen molar-refractivity contribution in [1.29, 1.82) is 0 Å². The van der Waals surface area contributed by atoms with E-state index in [2.05, 4.69) is 12.1 Å². The quantitative estimate of drug-likeness (QED) is 0.434. The molecule has 0 aromatic heterocycles. The summed E-state index contributed by atoms with van der Waals surface area (Å²) >= 11 is 12.7. The zero-order chi connectivity index (χ0) is 16.0. The second-order valence-corrected chi connectivity index (χ2v) is 6.40. The number of fused-ring (bicyclic) bond motifs is 2. The van der Waals surface area contributed by atoms with Gasteiger partial charge in [0, 0.05) is 17.0 Å². The van der Waals surface area contributed by atoms with Crippen molar-refractivity contribution in [1.82, 2.24) is 0 Å². The molecular formula is C20H12Cl2O. The van der Waals surface area contributed by atoms with Gasteiger partial charge in [-0.15, -0.1) is 0 Å². The normalized spacial score (nSPS) is 13.6. The molecule has 0 amide bonds. The number of halogens is 2. The lowest BCUT2D eigenvalue weighted by Crippen LogP contribution is -2.21. The summed E-state index contributed by atoms with van der Waals surface area (Å²) in [6, 6.07) is 21.3. The fraction of sp³-hybridized carbons (Fsp3) is 0.0500. The number of hydrogen-bond acceptors (Lipinski definition) is 1. The van der Waals surface area contributed by atoms with Crippen LogP contribution in [0.4, 0.5) is 0 Å². The van der Waals surface area contributed by atoms with E-state index in [1.165, 1.54) is 0 Å². The number of benzene rings is 3. The van der Waals surface area contributed by atoms with Gasteiger partial charge in [-0.25, -0.2) is 0 Å². The maximum absolute atomic E-state index is 13.0. The Hall–Kier alpha value is -2.09. The maximum atomic E-state index is 13.0. The highest BCUT2D eigenvalue weighted by Gasteiger charge is 2.34. The molecule has 0 saturated heterocycles. The summed E-state index contributed by atoms with van der Waals surface area (Å²) in [5.41, 5.74) is 4.10. The molecule has 0 saturated carbocycles. The Morgan fingerprint density at radius 2 is 1.17 bits per heavy atom. The van der Waals surface area contributed by atoms with Gasteiger partial charge in [-0.3, -0.25) is 4.79 Å². The molecule has 0 fully saturated rings. The number of carbonyl (C=O) groups is 1. The van der Waals surface area contributed by atoms with Gasteiger partial charge >= 0.3 is 0 Å². The molecule has 0 unspecified atom stereocenters. The first kappa shape index (κ1) is 14.5. The number of ketones is 1. The standard InChI is InChI=1S/C20H12Cl2O/c21-15-10-4-8-13-17(12-6-2-1-3-7-12)14-9-5-11-16(22)19(14)20(23)18(13)15/h1-11,17H. The number of rotatable bonds is 1. The first-order chi connectivity index (χ1) is 11.2. The maximum Gasteiger partial charge on any atom is 0.196 e. The number of carbonyl (C=O) groups excluding carboxylic acids is 1. The molecule has 0 heterocycles. The van der Waals surface area contributed by atoms with Crippen LogP contribution < -0.4 is 0 Å². The molecule has 23 heavy (non-hydrogen) atoms. The average Bonchev–Trinajstić information content (AvgIpc) is 2.56. The van der Waals surface area contributed by atoms with Gasteiger partial charge in [0.05, 0.1) is 10.0 Å². The highest BCUT2D eigenvalue weighted by molar-refractivity contribution is 6.39. The van der Waals surface area contributed by atoms with Gasteiger partial charge in [-0.2, -0.15) is 0 Å². The molecule has 1 nitrogen and oxygen atoms in total. The van der Waals surface area contributed by atoms with Gasteiger partial charge in [0.25, 0.3) is 0 Å². The Bertz CT molecular complexity index is 861. The summed E-state index contributed by atoms with van der Waals surface area (Å²) in [7, 11) is 0. The van der Waals surface area contributed by atoms with Crippen LogP contribution in [-0.4, -0.2) is 5.78 Å². The predicted molar refractivity (Wildman–Crippen MR) is 93.7 cm³/mol. The minimum Gasteiger partial charge on any atom is -0.288 e. The topological polar surface area (TPSA) is 17.1 Å².